The molecule has 1 aliphatic carbocycles. The van der Waals surface area contributed by atoms with E-state index in [1.165, 1.54) is 32.1 Å². The first-order valence-electron chi connectivity index (χ1n) is 6.78. The second-order valence-corrected chi connectivity index (χ2v) is 6.46. The van der Waals surface area contributed by atoms with Crippen LogP contribution in [0.1, 0.15) is 42.5 Å². The fraction of sp³-hybridized carbons (Fsp3) is 0.533. The molecule has 1 saturated carbocycles. The standard InChI is InChI=1S/C15H21NO2S/c1-19-15(9-3-2-4-10-15)11-16-13-7-5-12(6-8-13)14(17)18/h5-8,16H,2-4,9-11H2,1H3,(H,17,18). The van der Waals surface area contributed by atoms with Crippen molar-refractivity contribution in [2.24, 2.45) is 0 Å². The van der Waals surface area contributed by atoms with E-state index >= 15 is 0 Å². The average Bonchev–Trinajstić information content (AvgIpc) is 2.46. The highest BCUT2D eigenvalue weighted by molar-refractivity contribution is 8.00. The minimum atomic E-state index is -0.876. The van der Waals surface area contributed by atoms with Crippen LogP contribution in [0.2, 0.25) is 0 Å². The zero-order chi connectivity index (χ0) is 13.7. The number of benzene rings is 1. The highest BCUT2D eigenvalue weighted by Gasteiger charge is 2.30. The van der Waals surface area contributed by atoms with E-state index in [9.17, 15) is 4.79 Å². The minimum Gasteiger partial charge on any atom is -0.478 e. The first kappa shape index (κ1) is 14.3. The van der Waals surface area contributed by atoms with E-state index in [0.717, 1.165) is 12.2 Å². The Labute approximate surface area is 118 Å². The van der Waals surface area contributed by atoms with Gasteiger partial charge in [0, 0.05) is 17.0 Å². The Kier molecular flexibility index (Phi) is 4.75. The number of carboxylic acids is 1. The molecule has 1 aromatic rings. The number of nitrogens with one attached hydrogen (secondary N) is 1. The molecule has 0 radical (unpaired) electrons. The Balaban J connectivity index is 1.95. The Hall–Kier alpha value is -1.16. The van der Waals surface area contributed by atoms with Gasteiger partial charge in [-0.05, 0) is 43.4 Å². The molecule has 1 fully saturated rings. The van der Waals surface area contributed by atoms with Crippen LogP contribution in [-0.4, -0.2) is 28.6 Å². The monoisotopic (exact) mass is 279 g/mol. The molecular weight excluding hydrogens is 258 g/mol. The van der Waals surface area contributed by atoms with Gasteiger partial charge in [-0.1, -0.05) is 19.3 Å². The van der Waals surface area contributed by atoms with Crippen LogP contribution in [-0.2, 0) is 0 Å². The van der Waals surface area contributed by atoms with Crippen LogP contribution in [0.4, 0.5) is 5.69 Å². The summed E-state index contributed by atoms with van der Waals surface area (Å²) in [6.45, 7) is 0.959. The maximum atomic E-state index is 10.8. The lowest BCUT2D eigenvalue weighted by Crippen LogP contribution is -2.35. The summed E-state index contributed by atoms with van der Waals surface area (Å²) in [6.07, 6.45) is 8.74. The van der Waals surface area contributed by atoms with Crippen molar-refractivity contribution in [3.8, 4) is 0 Å². The Bertz CT molecular complexity index is 424. The smallest absolute Gasteiger partial charge is 0.335 e. The highest BCUT2D eigenvalue weighted by atomic mass is 32.2. The lowest BCUT2D eigenvalue weighted by molar-refractivity contribution is 0.0697. The van der Waals surface area contributed by atoms with Gasteiger partial charge >= 0.3 is 5.97 Å². The first-order chi connectivity index (χ1) is 9.15. The van der Waals surface area contributed by atoms with Crippen molar-refractivity contribution < 1.29 is 9.90 Å². The number of aromatic carboxylic acids is 1. The molecule has 0 amide bonds. The zero-order valence-electron chi connectivity index (χ0n) is 11.3. The summed E-state index contributed by atoms with van der Waals surface area (Å²) < 4.78 is 0.351. The van der Waals surface area contributed by atoms with Gasteiger partial charge in [0.15, 0.2) is 0 Å². The van der Waals surface area contributed by atoms with Crippen LogP contribution in [0.5, 0.6) is 0 Å². The normalized spacial score (nSPS) is 17.9. The second kappa shape index (κ2) is 6.33. The predicted octanol–water partition coefficient (Wildman–Crippen LogP) is 3.86. The van der Waals surface area contributed by atoms with E-state index in [0.29, 0.717) is 10.3 Å². The fourth-order valence-electron chi connectivity index (χ4n) is 2.64. The summed E-state index contributed by atoms with van der Waals surface area (Å²) in [5.74, 6) is -0.876. The van der Waals surface area contributed by atoms with Crippen LogP contribution in [0.15, 0.2) is 24.3 Å². The first-order valence-corrected chi connectivity index (χ1v) is 8.00. The van der Waals surface area contributed by atoms with E-state index < -0.39 is 5.97 Å². The van der Waals surface area contributed by atoms with Crippen LogP contribution in [0.25, 0.3) is 0 Å². The molecule has 3 nitrogen and oxygen atoms in total. The van der Waals surface area contributed by atoms with Crippen molar-refractivity contribution in [3.05, 3.63) is 29.8 Å². The molecule has 0 aromatic heterocycles. The summed E-state index contributed by atoms with van der Waals surface area (Å²) in [7, 11) is 0. The minimum absolute atomic E-state index is 0.336. The largest absolute Gasteiger partial charge is 0.478 e. The molecule has 0 aliphatic heterocycles. The maximum Gasteiger partial charge on any atom is 0.335 e. The van der Waals surface area contributed by atoms with Crippen molar-refractivity contribution in [2.45, 2.75) is 36.9 Å². The maximum absolute atomic E-state index is 10.8. The summed E-state index contributed by atoms with van der Waals surface area (Å²) in [5.41, 5.74) is 1.34. The topological polar surface area (TPSA) is 49.3 Å². The average molecular weight is 279 g/mol. The SMILES string of the molecule is CSC1(CNc2ccc(C(=O)O)cc2)CCCCC1. The van der Waals surface area contributed by atoms with Gasteiger partial charge in [-0.2, -0.15) is 11.8 Å². The number of hydrogen-bond acceptors (Lipinski definition) is 3. The molecule has 0 saturated heterocycles. The van der Waals surface area contributed by atoms with E-state index in [-0.39, 0.29) is 0 Å². The molecule has 1 aromatic carbocycles. The van der Waals surface area contributed by atoms with Gasteiger partial charge in [0.1, 0.15) is 0 Å². The molecular formula is C15H21NO2S. The van der Waals surface area contributed by atoms with Crippen molar-refractivity contribution in [1.82, 2.24) is 0 Å². The molecule has 4 heteroatoms. The highest BCUT2D eigenvalue weighted by Crippen LogP contribution is 2.38. The third-order valence-corrected chi connectivity index (χ3v) is 5.36. The van der Waals surface area contributed by atoms with Gasteiger partial charge in [0.2, 0.25) is 0 Å². The third kappa shape index (κ3) is 3.66. The molecule has 0 atom stereocenters. The van der Waals surface area contributed by atoms with Gasteiger partial charge in [-0.15, -0.1) is 0 Å². The number of thioether (sulfide) groups is 1. The van der Waals surface area contributed by atoms with Gasteiger partial charge in [-0.25, -0.2) is 4.79 Å². The van der Waals surface area contributed by atoms with Gasteiger partial charge in [0.05, 0.1) is 5.56 Å². The van der Waals surface area contributed by atoms with Crippen molar-refractivity contribution in [1.29, 1.82) is 0 Å². The lowest BCUT2D eigenvalue weighted by Gasteiger charge is -2.36. The molecule has 104 valence electrons. The Morgan fingerprint density at radius 3 is 2.42 bits per heavy atom. The van der Waals surface area contributed by atoms with Gasteiger partial charge in [-0.3, -0.25) is 0 Å². The number of rotatable bonds is 5. The molecule has 2 N–H and O–H groups in total. The second-order valence-electron chi connectivity index (χ2n) is 5.18. The molecule has 19 heavy (non-hydrogen) atoms. The van der Waals surface area contributed by atoms with Crippen molar-refractivity contribution in [2.75, 3.05) is 18.1 Å². The number of hydrogen-bond donors (Lipinski definition) is 2. The number of carbonyl (C=O) groups is 1. The Morgan fingerprint density at radius 1 is 1.26 bits per heavy atom. The fourth-order valence-corrected chi connectivity index (χ4v) is 3.56. The summed E-state index contributed by atoms with van der Waals surface area (Å²) >= 11 is 1.96. The quantitative estimate of drug-likeness (QED) is 0.859. The van der Waals surface area contributed by atoms with Crippen LogP contribution >= 0.6 is 11.8 Å². The third-order valence-electron chi connectivity index (χ3n) is 3.94. The van der Waals surface area contributed by atoms with Gasteiger partial charge < -0.3 is 10.4 Å². The molecule has 0 spiro atoms. The Morgan fingerprint density at radius 2 is 1.89 bits per heavy atom. The molecule has 0 unspecified atom stereocenters. The van der Waals surface area contributed by atoms with Crippen molar-refractivity contribution in [3.63, 3.8) is 0 Å². The van der Waals surface area contributed by atoms with Crippen LogP contribution in [0.3, 0.4) is 0 Å². The molecule has 1 aliphatic rings. The van der Waals surface area contributed by atoms with E-state index in [2.05, 4.69) is 11.6 Å². The number of anilines is 1. The van der Waals surface area contributed by atoms with Gasteiger partial charge in [0.25, 0.3) is 0 Å². The van der Waals surface area contributed by atoms with E-state index in [4.69, 9.17) is 5.11 Å². The summed E-state index contributed by atoms with van der Waals surface area (Å²) in [5, 5.41) is 12.3. The summed E-state index contributed by atoms with van der Waals surface area (Å²) in [6, 6.07) is 7.00. The van der Waals surface area contributed by atoms with E-state index in [1.54, 1.807) is 12.1 Å². The van der Waals surface area contributed by atoms with E-state index in [1.807, 2.05) is 23.9 Å². The summed E-state index contributed by atoms with van der Waals surface area (Å²) in [4.78, 5) is 10.8. The molecule has 2 rings (SSSR count). The van der Waals surface area contributed by atoms with Crippen LogP contribution < -0.4 is 5.32 Å². The predicted molar refractivity (Wildman–Crippen MR) is 81.2 cm³/mol. The van der Waals surface area contributed by atoms with Crippen LogP contribution in [0, 0.1) is 0 Å². The van der Waals surface area contributed by atoms with Crippen molar-refractivity contribution >= 4 is 23.4 Å². The lowest BCUT2D eigenvalue weighted by atomic mass is 9.88. The molecule has 0 bridgehead atoms. The molecule has 0 heterocycles. The number of carboxylic acid groups (broad SMARTS) is 1. The zero-order valence-corrected chi connectivity index (χ0v) is 12.1.